The minimum Gasteiger partial charge on any atom is -0.381 e. The van der Waals surface area contributed by atoms with Crippen LogP contribution in [0.15, 0.2) is 29.3 Å². The van der Waals surface area contributed by atoms with Crippen molar-refractivity contribution in [2.75, 3.05) is 66.2 Å². The first-order valence-corrected chi connectivity index (χ1v) is 11.2. The Balaban J connectivity index is 1.28. The standard InChI is InChI=1S/C22H35ClN4O2/c1-24-22(25-8-3-13-29-18-19-6-14-28-15-7-19)27-11-9-26(10-12-27)17-20-4-2-5-21(23)16-20/h2,4-5,16,19H,3,6-15,17-18H2,1H3,(H,24,25). The van der Waals surface area contributed by atoms with Crippen LogP contribution >= 0.6 is 11.6 Å². The van der Waals surface area contributed by atoms with Crippen LogP contribution in [0.25, 0.3) is 0 Å². The fraction of sp³-hybridized carbons (Fsp3) is 0.682. The molecule has 6 nitrogen and oxygen atoms in total. The van der Waals surface area contributed by atoms with Gasteiger partial charge in [-0.25, -0.2) is 0 Å². The van der Waals surface area contributed by atoms with Gasteiger partial charge in [0.15, 0.2) is 5.96 Å². The molecule has 2 fully saturated rings. The fourth-order valence-corrected chi connectivity index (χ4v) is 4.09. The highest BCUT2D eigenvalue weighted by Crippen LogP contribution is 2.15. The van der Waals surface area contributed by atoms with E-state index in [4.69, 9.17) is 21.1 Å². The Labute approximate surface area is 180 Å². The smallest absolute Gasteiger partial charge is 0.193 e. The van der Waals surface area contributed by atoms with Crippen molar-refractivity contribution in [1.82, 2.24) is 15.1 Å². The van der Waals surface area contributed by atoms with E-state index in [1.807, 2.05) is 19.2 Å². The molecule has 0 unspecified atom stereocenters. The van der Waals surface area contributed by atoms with Gasteiger partial charge in [-0.1, -0.05) is 23.7 Å². The number of guanidine groups is 1. The number of hydrogen-bond donors (Lipinski definition) is 1. The average Bonchev–Trinajstić information content (AvgIpc) is 2.75. The lowest BCUT2D eigenvalue weighted by atomic mass is 10.0. The topological polar surface area (TPSA) is 49.3 Å². The largest absolute Gasteiger partial charge is 0.381 e. The number of halogens is 1. The lowest BCUT2D eigenvalue weighted by Crippen LogP contribution is -2.52. The van der Waals surface area contributed by atoms with Gasteiger partial charge in [-0.3, -0.25) is 9.89 Å². The van der Waals surface area contributed by atoms with Crippen molar-refractivity contribution in [3.05, 3.63) is 34.9 Å². The first kappa shape index (κ1) is 22.3. The van der Waals surface area contributed by atoms with Gasteiger partial charge in [0.05, 0.1) is 0 Å². The van der Waals surface area contributed by atoms with Crippen molar-refractivity contribution >= 4 is 17.6 Å². The zero-order valence-electron chi connectivity index (χ0n) is 17.6. The summed E-state index contributed by atoms with van der Waals surface area (Å²) in [6.45, 7) is 9.32. The lowest BCUT2D eigenvalue weighted by Gasteiger charge is -2.36. The van der Waals surface area contributed by atoms with E-state index in [2.05, 4.69) is 32.2 Å². The molecule has 0 aliphatic carbocycles. The minimum absolute atomic E-state index is 0.674. The molecule has 3 rings (SSSR count). The maximum atomic E-state index is 6.10. The molecule has 2 heterocycles. The second-order valence-electron chi connectivity index (χ2n) is 7.85. The van der Waals surface area contributed by atoms with Crippen LogP contribution in [0.2, 0.25) is 5.02 Å². The lowest BCUT2D eigenvalue weighted by molar-refractivity contribution is 0.0203. The van der Waals surface area contributed by atoms with Gasteiger partial charge in [-0.15, -0.1) is 0 Å². The van der Waals surface area contributed by atoms with Crippen LogP contribution in [0.5, 0.6) is 0 Å². The van der Waals surface area contributed by atoms with Crippen molar-refractivity contribution < 1.29 is 9.47 Å². The molecule has 2 saturated heterocycles. The molecular formula is C22H35ClN4O2. The van der Waals surface area contributed by atoms with Crippen molar-refractivity contribution in [1.29, 1.82) is 0 Å². The van der Waals surface area contributed by atoms with Crippen molar-refractivity contribution in [2.24, 2.45) is 10.9 Å². The molecule has 0 radical (unpaired) electrons. The summed E-state index contributed by atoms with van der Waals surface area (Å²) in [7, 11) is 1.86. The Morgan fingerprint density at radius 2 is 2.03 bits per heavy atom. The number of hydrogen-bond acceptors (Lipinski definition) is 4. The quantitative estimate of drug-likeness (QED) is 0.396. The monoisotopic (exact) mass is 422 g/mol. The van der Waals surface area contributed by atoms with Crippen LogP contribution in [0.3, 0.4) is 0 Å². The van der Waals surface area contributed by atoms with E-state index in [1.165, 1.54) is 5.56 Å². The third-order valence-corrected chi connectivity index (χ3v) is 5.86. The molecule has 7 heteroatoms. The van der Waals surface area contributed by atoms with E-state index < -0.39 is 0 Å². The van der Waals surface area contributed by atoms with Crippen molar-refractivity contribution in [2.45, 2.75) is 25.8 Å². The van der Waals surface area contributed by atoms with Crippen LogP contribution in [-0.2, 0) is 16.0 Å². The first-order chi connectivity index (χ1) is 14.2. The molecule has 0 bridgehead atoms. The van der Waals surface area contributed by atoms with Crippen LogP contribution in [0, 0.1) is 5.92 Å². The van der Waals surface area contributed by atoms with Crippen LogP contribution in [-0.4, -0.2) is 82.0 Å². The zero-order valence-corrected chi connectivity index (χ0v) is 18.4. The van der Waals surface area contributed by atoms with Crippen molar-refractivity contribution in [3.8, 4) is 0 Å². The molecule has 0 atom stereocenters. The zero-order chi connectivity index (χ0) is 20.3. The summed E-state index contributed by atoms with van der Waals surface area (Å²) in [5.41, 5.74) is 1.27. The predicted molar refractivity (Wildman–Crippen MR) is 119 cm³/mol. The maximum absolute atomic E-state index is 6.10. The molecule has 0 amide bonds. The molecule has 1 aromatic carbocycles. The normalized spacial score (nSPS) is 19.5. The first-order valence-electron chi connectivity index (χ1n) is 10.8. The number of ether oxygens (including phenoxy) is 2. The molecule has 29 heavy (non-hydrogen) atoms. The SMILES string of the molecule is CN=C(NCCCOCC1CCOCC1)N1CCN(Cc2cccc(Cl)c2)CC1. The average molecular weight is 423 g/mol. The molecule has 0 spiro atoms. The summed E-state index contributed by atoms with van der Waals surface area (Å²) < 4.78 is 11.2. The van der Waals surface area contributed by atoms with E-state index >= 15 is 0 Å². The highest BCUT2D eigenvalue weighted by Gasteiger charge is 2.19. The molecule has 2 aliphatic rings. The minimum atomic E-state index is 0.674. The summed E-state index contributed by atoms with van der Waals surface area (Å²) in [5.74, 6) is 1.67. The summed E-state index contributed by atoms with van der Waals surface area (Å²) in [6, 6.07) is 8.14. The van der Waals surface area contributed by atoms with Gasteiger partial charge in [-0.05, 0) is 42.9 Å². The Kier molecular flexibility index (Phi) is 9.54. The van der Waals surface area contributed by atoms with Gasteiger partial charge in [0.1, 0.15) is 0 Å². The second-order valence-corrected chi connectivity index (χ2v) is 8.29. The highest BCUT2D eigenvalue weighted by atomic mass is 35.5. The Bertz CT molecular complexity index is 629. The third-order valence-electron chi connectivity index (χ3n) is 5.62. The summed E-state index contributed by atoms with van der Waals surface area (Å²) in [4.78, 5) is 9.28. The predicted octanol–water partition coefficient (Wildman–Crippen LogP) is 2.87. The fourth-order valence-electron chi connectivity index (χ4n) is 3.88. The van der Waals surface area contributed by atoms with Gasteiger partial charge in [0.25, 0.3) is 0 Å². The van der Waals surface area contributed by atoms with Crippen LogP contribution in [0.4, 0.5) is 0 Å². The Morgan fingerprint density at radius 3 is 2.76 bits per heavy atom. The van der Waals surface area contributed by atoms with Gasteiger partial charge in [0, 0.05) is 77.8 Å². The van der Waals surface area contributed by atoms with Gasteiger partial charge in [0.2, 0.25) is 0 Å². The third kappa shape index (κ3) is 7.78. The summed E-state index contributed by atoms with van der Waals surface area (Å²) >= 11 is 6.10. The van der Waals surface area contributed by atoms with E-state index in [-0.39, 0.29) is 0 Å². The summed E-state index contributed by atoms with van der Waals surface area (Å²) in [5, 5.41) is 4.30. The van der Waals surface area contributed by atoms with E-state index in [0.29, 0.717) is 5.92 Å². The van der Waals surface area contributed by atoms with Crippen molar-refractivity contribution in [3.63, 3.8) is 0 Å². The Morgan fingerprint density at radius 1 is 1.24 bits per heavy atom. The molecule has 2 aliphatic heterocycles. The maximum Gasteiger partial charge on any atom is 0.193 e. The van der Waals surface area contributed by atoms with Gasteiger partial charge >= 0.3 is 0 Å². The number of nitrogens with one attached hydrogen (secondary N) is 1. The highest BCUT2D eigenvalue weighted by molar-refractivity contribution is 6.30. The number of benzene rings is 1. The Hall–Kier alpha value is -1.34. The number of piperazine rings is 1. The van der Waals surface area contributed by atoms with E-state index in [9.17, 15) is 0 Å². The summed E-state index contributed by atoms with van der Waals surface area (Å²) in [6.07, 6.45) is 3.26. The number of rotatable bonds is 8. The molecule has 162 valence electrons. The van der Waals surface area contributed by atoms with E-state index in [0.717, 1.165) is 95.9 Å². The van der Waals surface area contributed by atoms with Crippen LogP contribution in [0.1, 0.15) is 24.8 Å². The number of nitrogens with zero attached hydrogens (tertiary/aromatic N) is 3. The number of aliphatic imine (C=N–C) groups is 1. The van der Waals surface area contributed by atoms with Crippen LogP contribution < -0.4 is 5.32 Å². The molecule has 1 N–H and O–H groups in total. The molecular weight excluding hydrogens is 388 g/mol. The van der Waals surface area contributed by atoms with Gasteiger partial charge in [-0.2, -0.15) is 0 Å². The van der Waals surface area contributed by atoms with E-state index in [1.54, 1.807) is 0 Å². The second kappa shape index (κ2) is 12.4. The molecule has 0 saturated carbocycles. The molecule has 0 aromatic heterocycles. The van der Waals surface area contributed by atoms with Gasteiger partial charge < -0.3 is 19.7 Å². The molecule has 1 aromatic rings.